The fourth-order valence-corrected chi connectivity index (χ4v) is 4.57. The molecule has 4 rings (SSSR count). The maximum absolute atomic E-state index is 13.3. The number of nitrogens with one attached hydrogen (secondary N) is 1. The van der Waals surface area contributed by atoms with E-state index in [4.69, 9.17) is 13.9 Å². The molecule has 2 N–H and O–H groups in total. The highest BCUT2D eigenvalue weighted by molar-refractivity contribution is 7.93. The Labute approximate surface area is 206 Å². The van der Waals surface area contributed by atoms with Gasteiger partial charge in [0, 0.05) is 0 Å². The molecule has 0 bridgehead atoms. The predicted octanol–water partition coefficient (Wildman–Crippen LogP) is 3.25. The second-order valence-corrected chi connectivity index (χ2v) is 9.84. The summed E-state index contributed by atoms with van der Waals surface area (Å²) in [6.07, 6.45) is -0.652. The molecule has 0 aliphatic carbocycles. The van der Waals surface area contributed by atoms with Crippen LogP contribution in [0.1, 0.15) is 24.5 Å². The second kappa shape index (κ2) is 9.95. The monoisotopic (exact) mass is 517 g/mol. The number of hydrogen-bond acceptors (Lipinski definition) is 9. The van der Waals surface area contributed by atoms with Gasteiger partial charge in [-0.1, -0.05) is 6.07 Å². The molecule has 2 atom stereocenters. The molecular weight excluding hydrogens is 493 g/mol. The van der Waals surface area contributed by atoms with Crippen LogP contribution in [0.15, 0.2) is 53.1 Å². The molecule has 0 aliphatic rings. The number of aliphatic hydroxyl groups is 1. The zero-order valence-electron chi connectivity index (χ0n) is 19.8. The highest BCUT2D eigenvalue weighted by Crippen LogP contribution is 2.38. The van der Waals surface area contributed by atoms with Gasteiger partial charge in [0.25, 0.3) is 0 Å². The highest BCUT2D eigenvalue weighted by atomic mass is 32.2. The van der Waals surface area contributed by atoms with Gasteiger partial charge in [-0.15, -0.1) is 10.2 Å². The third-order valence-corrected chi connectivity index (χ3v) is 7.17. The van der Waals surface area contributed by atoms with Crippen molar-refractivity contribution in [2.45, 2.75) is 25.2 Å². The molecule has 0 unspecified atom stereocenters. The van der Waals surface area contributed by atoms with Crippen LogP contribution in [0.2, 0.25) is 0 Å². The lowest BCUT2D eigenvalue weighted by Crippen LogP contribution is -2.32. The molecule has 0 spiro atoms. The molecule has 0 radical (unpaired) electrons. The Balaban J connectivity index is 1.81. The lowest BCUT2D eigenvalue weighted by atomic mass is 10.2. The Morgan fingerprint density at radius 1 is 1.08 bits per heavy atom. The molecule has 4 aromatic rings. The zero-order valence-corrected chi connectivity index (χ0v) is 20.7. The quantitative estimate of drug-likeness (QED) is 0.342. The Morgan fingerprint density at radius 3 is 2.33 bits per heavy atom. The van der Waals surface area contributed by atoms with Crippen LogP contribution >= 0.6 is 0 Å². The van der Waals surface area contributed by atoms with E-state index in [9.17, 15) is 17.9 Å². The second-order valence-electron chi connectivity index (χ2n) is 7.80. The van der Waals surface area contributed by atoms with Gasteiger partial charge >= 0.3 is 0 Å². The Kier molecular flexibility index (Phi) is 6.95. The number of anilines is 1. The van der Waals surface area contributed by atoms with E-state index in [2.05, 4.69) is 19.9 Å². The maximum Gasteiger partial charge on any atom is 0.243 e. The molecule has 0 saturated carbocycles. The smallest absolute Gasteiger partial charge is 0.243 e. The Morgan fingerprint density at radius 2 is 1.78 bits per heavy atom. The molecule has 36 heavy (non-hydrogen) atoms. The van der Waals surface area contributed by atoms with Crippen LogP contribution in [-0.2, 0) is 10.0 Å². The van der Waals surface area contributed by atoms with Crippen molar-refractivity contribution in [2.75, 3.05) is 18.9 Å². The van der Waals surface area contributed by atoms with E-state index in [0.717, 1.165) is 12.3 Å². The SMILES string of the molecule is COc1cccc(OC)c1-n1c(NS(=O)(=O)[C@@H](C)[C@H](O)c2ccc(F)cn2)nnc1-c1ccc(C)o1. The standard InChI is InChI=1S/C23H24FN5O6S/c1-13-8-11-19(35-13)22-26-27-23(29(22)20-17(33-3)6-5-7-18(20)34-4)28-36(31,32)14(2)21(30)16-10-9-15(24)12-25-16/h5-12,14,21,30H,1-4H3,(H,27,28)/t14-,21-/m0/s1. The molecule has 0 saturated heterocycles. The first-order valence-corrected chi connectivity index (χ1v) is 12.3. The van der Waals surface area contributed by atoms with E-state index < -0.39 is 27.2 Å². The van der Waals surface area contributed by atoms with E-state index in [1.54, 1.807) is 37.3 Å². The third kappa shape index (κ3) is 4.75. The molecule has 0 amide bonds. The number of rotatable bonds is 9. The topological polar surface area (TPSA) is 142 Å². The van der Waals surface area contributed by atoms with Crippen LogP contribution in [-0.4, -0.2) is 52.7 Å². The number of furan rings is 1. The Bertz CT molecular complexity index is 1450. The number of aliphatic hydroxyl groups excluding tert-OH is 1. The molecular formula is C23H24FN5O6S. The van der Waals surface area contributed by atoms with Crippen molar-refractivity contribution in [1.82, 2.24) is 19.7 Å². The summed E-state index contributed by atoms with van der Waals surface area (Å²) in [6.45, 7) is 3.04. The van der Waals surface area contributed by atoms with E-state index in [-0.39, 0.29) is 17.5 Å². The van der Waals surface area contributed by atoms with Crippen LogP contribution in [0.4, 0.5) is 10.3 Å². The summed E-state index contributed by atoms with van der Waals surface area (Å²) in [5, 5.41) is 17.4. The largest absolute Gasteiger partial charge is 0.494 e. The number of ether oxygens (including phenoxy) is 2. The lowest BCUT2D eigenvalue weighted by molar-refractivity contribution is 0.171. The number of benzene rings is 1. The fourth-order valence-electron chi connectivity index (χ4n) is 3.52. The van der Waals surface area contributed by atoms with Gasteiger partial charge in [0.1, 0.15) is 40.1 Å². The van der Waals surface area contributed by atoms with Crippen molar-refractivity contribution in [1.29, 1.82) is 0 Å². The zero-order chi connectivity index (χ0) is 26.0. The number of halogens is 1. The fraction of sp³-hybridized carbons (Fsp3) is 0.261. The number of aryl methyl sites for hydroxylation is 1. The Hall–Kier alpha value is -3.97. The number of para-hydroxylation sites is 1. The van der Waals surface area contributed by atoms with Crippen LogP contribution in [0.25, 0.3) is 17.3 Å². The summed E-state index contributed by atoms with van der Waals surface area (Å²) in [4.78, 5) is 3.78. The summed E-state index contributed by atoms with van der Waals surface area (Å²) < 4.78 is 60.3. The van der Waals surface area contributed by atoms with Crippen molar-refractivity contribution in [3.63, 3.8) is 0 Å². The van der Waals surface area contributed by atoms with Crippen molar-refractivity contribution in [3.05, 3.63) is 65.9 Å². The molecule has 3 heterocycles. The van der Waals surface area contributed by atoms with Crippen molar-refractivity contribution in [2.24, 2.45) is 0 Å². The molecule has 11 nitrogen and oxygen atoms in total. The van der Waals surface area contributed by atoms with E-state index in [0.29, 0.717) is 28.7 Å². The normalized spacial score (nSPS) is 13.3. The minimum absolute atomic E-state index is 0.00566. The van der Waals surface area contributed by atoms with Gasteiger partial charge in [-0.05, 0) is 50.2 Å². The van der Waals surface area contributed by atoms with E-state index in [1.165, 1.54) is 31.8 Å². The van der Waals surface area contributed by atoms with Crippen LogP contribution in [0.3, 0.4) is 0 Å². The van der Waals surface area contributed by atoms with Gasteiger partial charge in [0.05, 0.1) is 26.1 Å². The van der Waals surface area contributed by atoms with E-state index >= 15 is 0 Å². The van der Waals surface area contributed by atoms with Crippen LogP contribution < -0.4 is 14.2 Å². The van der Waals surface area contributed by atoms with Crippen molar-refractivity contribution < 1.29 is 31.8 Å². The van der Waals surface area contributed by atoms with Gasteiger partial charge in [-0.2, -0.15) is 0 Å². The van der Waals surface area contributed by atoms with Gasteiger partial charge in [-0.25, -0.2) is 12.8 Å². The number of nitrogens with zero attached hydrogens (tertiary/aromatic N) is 4. The van der Waals surface area contributed by atoms with Gasteiger partial charge < -0.3 is 19.0 Å². The average Bonchev–Trinajstić information content (AvgIpc) is 3.48. The molecule has 3 aromatic heterocycles. The summed E-state index contributed by atoms with van der Waals surface area (Å²) >= 11 is 0. The summed E-state index contributed by atoms with van der Waals surface area (Å²) in [7, 11) is -1.36. The van der Waals surface area contributed by atoms with Gasteiger partial charge in [-0.3, -0.25) is 14.3 Å². The summed E-state index contributed by atoms with van der Waals surface area (Å²) in [6, 6.07) is 10.7. The summed E-state index contributed by atoms with van der Waals surface area (Å²) in [5.74, 6) is 0.994. The molecule has 13 heteroatoms. The molecule has 1 aromatic carbocycles. The van der Waals surface area contributed by atoms with E-state index in [1.807, 2.05) is 0 Å². The average molecular weight is 518 g/mol. The highest BCUT2D eigenvalue weighted by Gasteiger charge is 2.33. The van der Waals surface area contributed by atoms with Crippen LogP contribution in [0.5, 0.6) is 11.5 Å². The number of hydrogen-bond donors (Lipinski definition) is 2. The number of methoxy groups -OCH3 is 2. The molecule has 190 valence electrons. The first kappa shape index (κ1) is 25.1. The van der Waals surface area contributed by atoms with Crippen molar-refractivity contribution in [3.8, 4) is 28.8 Å². The maximum atomic E-state index is 13.3. The minimum atomic E-state index is -4.27. The van der Waals surface area contributed by atoms with Gasteiger partial charge in [0.15, 0.2) is 5.76 Å². The molecule has 0 fully saturated rings. The van der Waals surface area contributed by atoms with Gasteiger partial charge in [0.2, 0.25) is 21.8 Å². The number of sulfonamides is 1. The minimum Gasteiger partial charge on any atom is -0.494 e. The first-order valence-electron chi connectivity index (χ1n) is 10.7. The van der Waals surface area contributed by atoms with Crippen LogP contribution in [0, 0.1) is 12.7 Å². The van der Waals surface area contributed by atoms with Crippen molar-refractivity contribution >= 4 is 16.0 Å². The number of aromatic nitrogens is 4. The first-order chi connectivity index (χ1) is 17.2. The lowest BCUT2D eigenvalue weighted by Gasteiger charge is -2.21. The number of pyridine rings is 1. The predicted molar refractivity (Wildman–Crippen MR) is 128 cm³/mol. The third-order valence-electron chi connectivity index (χ3n) is 5.47. The molecule has 0 aliphatic heterocycles. The summed E-state index contributed by atoms with van der Waals surface area (Å²) in [5.41, 5.74) is 0.316.